The van der Waals surface area contributed by atoms with Gasteiger partial charge in [0.15, 0.2) is 5.82 Å². The maximum Gasteiger partial charge on any atom is 0.160 e. The first-order chi connectivity index (χ1) is 30.2. The second-order valence-corrected chi connectivity index (χ2v) is 15.2. The number of pyridine rings is 1. The van der Waals surface area contributed by atoms with E-state index in [9.17, 15) is 0 Å². The molecule has 0 aliphatic rings. The first kappa shape index (κ1) is 35.9. The number of fused-ring (bicyclic) bond motifs is 5. The molecule has 0 saturated carbocycles. The van der Waals surface area contributed by atoms with E-state index in [1.165, 1.54) is 21.7 Å². The minimum Gasteiger partial charge on any atom is -0.310 e. The van der Waals surface area contributed by atoms with Gasteiger partial charge in [0.05, 0.1) is 22.6 Å². The Hall–Kier alpha value is -8.21. The Balaban J connectivity index is 1.04. The van der Waals surface area contributed by atoms with Crippen molar-refractivity contribution in [3.8, 4) is 56.3 Å². The Morgan fingerprint density at radius 3 is 1.44 bits per heavy atom. The molecule has 0 spiro atoms. The van der Waals surface area contributed by atoms with Crippen LogP contribution in [0.3, 0.4) is 0 Å². The van der Waals surface area contributed by atoms with E-state index in [1.807, 2.05) is 24.3 Å². The standard InChI is InChI=1S/C57H38N4/c1-5-15-39(16-6-1)40-25-31-45(32-26-40)57-59-52(42-18-7-2-8-19-42)38-53(60-57)43-27-29-44(30-28-43)56-51-35-33-41-17-13-14-24-49(41)55(51)50-36-34-48(37-54(50)58-56)61(46-20-9-3-10-21-46)47-22-11-4-12-23-47/h1-38H. The zero-order valence-electron chi connectivity index (χ0n) is 33.2. The van der Waals surface area contributed by atoms with Crippen LogP contribution in [0.2, 0.25) is 0 Å². The van der Waals surface area contributed by atoms with E-state index in [0.29, 0.717) is 5.82 Å². The molecule has 286 valence electrons. The maximum atomic E-state index is 5.50. The van der Waals surface area contributed by atoms with Gasteiger partial charge in [0.25, 0.3) is 0 Å². The smallest absolute Gasteiger partial charge is 0.160 e. The maximum absolute atomic E-state index is 5.50. The number of anilines is 3. The van der Waals surface area contributed by atoms with Crippen LogP contribution in [0.5, 0.6) is 0 Å². The number of nitrogens with zero attached hydrogens (tertiary/aromatic N) is 4. The molecule has 0 fully saturated rings. The normalized spacial score (nSPS) is 11.3. The fraction of sp³-hybridized carbons (Fsp3) is 0. The van der Waals surface area contributed by atoms with Crippen LogP contribution >= 0.6 is 0 Å². The van der Waals surface area contributed by atoms with Gasteiger partial charge in [-0.2, -0.15) is 0 Å². The Morgan fingerprint density at radius 2 is 0.787 bits per heavy atom. The molecule has 4 heteroatoms. The lowest BCUT2D eigenvalue weighted by molar-refractivity contribution is 1.18. The second kappa shape index (κ2) is 15.5. The topological polar surface area (TPSA) is 41.9 Å². The Morgan fingerprint density at radius 1 is 0.295 bits per heavy atom. The third kappa shape index (κ3) is 6.86. The van der Waals surface area contributed by atoms with Gasteiger partial charge < -0.3 is 4.90 Å². The summed E-state index contributed by atoms with van der Waals surface area (Å²) in [6.45, 7) is 0. The van der Waals surface area contributed by atoms with Crippen molar-refractivity contribution in [2.75, 3.05) is 4.90 Å². The predicted octanol–water partition coefficient (Wildman–Crippen LogP) is 15.1. The summed E-state index contributed by atoms with van der Waals surface area (Å²) >= 11 is 0. The number of aromatic nitrogens is 3. The van der Waals surface area contributed by atoms with E-state index in [1.54, 1.807) is 0 Å². The van der Waals surface area contributed by atoms with E-state index in [2.05, 4.69) is 211 Å². The molecule has 11 rings (SSSR count). The molecule has 61 heavy (non-hydrogen) atoms. The van der Waals surface area contributed by atoms with Crippen LogP contribution < -0.4 is 4.90 Å². The van der Waals surface area contributed by atoms with Crippen LogP contribution in [-0.2, 0) is 0 Å². The molecule has 0 radical (unpaired) electrons. The SMILES string of the molecule is c1ccc(-c2ccc(-c3nc(-c4ccccc4)cc(-c4ccc(-c5nc6cc(N(c7ccccc7)c7ccccc7)ccc6c6c5ccc5ccccc56)cc4)n3)cc2)cc1. The van der Waals surface area contributed by atoms with Crippen LogP contribution in [0.15, 0.2) is 231 Å². The predicted molar refractivity (Wildman–Crippen MR) is 254 cm³/mol. The second-order valence-electron chi connectivity index (χ2n) is 15.2. The summed E-state index contributed by atoms with van der Waals surface area (Å²) in [6, 6.07) is 80.9. The number of hydrogen-bond acceptors (Lipinski definition) is 4. The van der Waals surface area contributed by atoms with Gasteiger partial charge in [0.2, 0.25) is 0 Å². The van der Waals surface area contributed by atoms with Crippen molar-refractivity contribution < 1.29 is 0 Å². The van der Waals surface area contributed by atoms with Gasteiger partial charge in [-0.25, -0.2) is 15.0 Å². The zero-order valence-corrected chi connectivity index (χ0v) is 33.2. The zero-order chi connectivity index (χ0) is 40.5. The monoisotopic (exact) mass is 778 g/mol. The average Bonchev–Trinajstić information content (AvgIpc) is 3.35. The fourth-order valence-corrected chi connectivity index (χ4v) is 8.45. The van der Waals surface area contributed by atoms with Crippen molar-refractivity contribution in [1.29, 1.82) is 0 Å². The van der Waals surface area contributed by atoms with Crippen LogP contribution in [0, 0.1) is 0 Å². The lowest BCUT2D eigenvalue weighted by Crippen LogP contribution is -2.09. The molecule has 0 unspecified atom stereocenters. The highest BCUT2D eigenvalue weighted by Gasteiger charge is 2.18. The van der Waals surface area contributed by atoms with Crippen molar-refractivity contribution in [3.63, 3.8) is 0 Å². The molecule has 0 saturated heterocycles. The molecule has 0 aliphatic carbocycles. The van der Waals surface area contributed by atoms with Crippen LogP contribution in [0.1, 0.15) is 0 Å². The molecule has 9 aromatic carbocycles. The number of hydrogen-bond donors (Lipinski definition) is 0. The molecule has 0 atom stereocenters. The lowest BCUT2D eigenvalue weighted by Gasteiger charge is -2.26. The number of para-hydroxylation sites is 2. The minimum atomic E-state index is 0.685. The van der Waals surface area contributed by atoms with Gasteiger partial charge >= 0.3 is 0 Å². The highest BCUT2D eigenvalue weighted by molar-refractivity contribution is 6.22. The van der Waals surface area contributed by atoms with Crippen LogP contribution in [0.25, 0.3) is 88.7 Å². The summed E-state index contributed by atoms with van der Waals surface area (Å²) in [4.78, 5) is 18.1. The number of benzene rings is 9. The minimum absolute atomic E-state index is 0.685. The summed E-state index contributed by atoms with van der Waals surface area (Å²) in [5.41, 5.74) is 13.2. The quantitative estimate of drug-likeness (QED) is 0.144. The largest absolute Gasteiger partial charge is 0.310 e. The summed E-state index contributed by atoms with van der Waals surface area (Å²) in [5, 5.41) is 5.84. The number of rotatable bonds is 8. The molecular weight excluding hydrogens is 741 g/mol. The molecule has 4 nitrogen and oxygen atoms in total. The third-order valence-electron chi connectivity index (χ3n) is 11.5. The van der Waals surface area contributed by atoms with E-state index >= 15 is 0 Å². The average molecular weight is 779 g/mol. The molecule has 2 heterocycles. The summed E-state index contributed by atoms with van der Waals surface area (Å²) in [5.74, 6) is 0.685. The first-order valence-corrected chi connectivity index (χ1v) is 20.6. The Kier molecular flexibility index (Phi) is 9.14. The van der Waals surface area contributed by atoms with Gasteiger partial charge in [0, 0.05) is 55.5 Å². The molecule has 0 aliphatic heterocycles. The van der Waals surface area contributed by atoms with Crippen LogP contribution in [-0.4, -0.2) is 15.0 Å². The highest BCUT2D eigenvalue weighted by atomic mass is 15.1. The lowest BCUT2D eigenvalue weighted by atomic mass is 9.94. The summed E-state index contributed by atoms with van der Waals surface area (Å²) in [6.07, 6.45) is 0. The summed E-state index contributed by atoms with van der Waals surface area (Å²) in [7, 11) is 0. The van der Waals surface area contributed by atoms with Gasteiger partial charge in [-0.05, 0) is 64.4 Å². The molecular formula is C57H38N4. The van der Waals surface area contributed by atoms with E-state index < -0.39 is 0 Å². The van der Waals surface area contributed by atoms with Gasteiger partial charge in [-0.1, -0.05) is 188 Å². The highest BCUT2D eigenvalue weighted by Crippen LogP contribution is 2.41. The van der Waals surface area contributed by atoms with E-state index in [0.717, 1.165) is 78.3 Å². The van der Waals surface area contributed by atoms with Crippen LogP contribution in [0.4, 0.5) is 17.1 Å². The van der Waals surface area contributed by atoms with Crippen molar-refractivity contribution in [1.82, 2.24) is 15.0 Å². The van der Waals surface area contributed by atoms with Gasteiger partial charge in [-0.15, -0.1) is 0 Å². The molecule has 2 aromatic heterocycles. The fourth-order valence-electron chi connectivity index (χ4n) is 8.45. The summed E-state index contributed by atoms with van der Waals surface area (Å²) < 4.78 is 0. The van der Waals surface area contributed by atoms with E-state index in [-0.39, 0.29) is 0 Å². The van der Waals surface area contributed by atoms with Crippen molar-refractivity contribution >= 4 is 49.5 Å². The third-order valence-corrected chi connectivity index (χ3v) is 11.5. The van der Waals surface area contributed by atoms with Crippen molar-refractivity contribution in [3.05, 3.63) is 231 Å². The van der Waals surface area contributed by atoms with Gasteiger partial charge in [-0.3, -0.25) is 0 Å². The van der Waals surface area contributed by atoms with Gasteiger partial charge in [0.1, 0.15) is 0 Å². The Bertz CT molecular complexity index is 3280. The molecule has 11 aromatic rings. The van der Waals surface area contributed by atoms with Crippen molar-refractivity contribution in [2.24, 2.45) is 0 Å². The van der Waals surface area contributed by atoms with Crippen molar-refractivity contribution in [2.45, 2.75) is 0 Å². The molecule has 0 bridgehead atoms. The first-order valence-electron chi connectivity index (χ1n) is 20.6. The Labute approximate surface area is 354 Å². The molecule has 0 N–H and O–H groups in total. The molecule has 0 amide bonds. The van der Waals surface area contributed by atoms with E-state index in [4.69, 9.17) is 15.0 Å².